The van der Waals surface area contributed by atoms with Crippen LogP contribution in [0, 0.1) is 0 Å². The maximum absolute atomic E-state index is 13.3. The van der Waals surface area contributed by atoms with E-state index < -0.39 is 11.6 Å². The van der Waals surface area contributed by atoms with Crippen molar-refractivity contribution in [2.75, 3.05) is 13.7 Å². The van der Waals surface area contributed by atoms with Crippen molar-refractivity contribution in [3.05, 3.63) is 41.5 Å². The Morgan fingerprint density at radius 3 is 2.78 bits per heavy atom. The molecule has 2 aliphatic rings. The van der Waals surface area contributed by atoms with E-state index in [-0.39, 0.29) is 17.6 Å². The molecule has 142 valence electrons. The van der Waals surface area contributed by atoms with Gasteiger partial charge < -0.3 is 14.4 Å². The highest BCUT2D eigenvalue weighted by atomic mass is 16.6. The van der Waals surface area contributed by atoms with Crippen molar-refractivity contribution in [2.45, 2.75) is 45.3 Å². The number of imidazole rings is 1. The summed E-state index contributed by atoms with van der Waals surface area (Å²) in [4.78, 5) is 32.2. The number of fused-ring (bicyclic) bond motifs is 5. The molecule has 0 spiro atoms. The number of methoxy groups -OCH3 is 1. The predicted octanol–water partition coefficient (Wildman–Crippen LogP) is 3.13. The average Bonchev–Trinajstić information content (AvgIpc) is 3.23. The number of esters is 1. The Hall–Kier alpha value is -2.83. The van der Waals surface area contributed by atoms with Gasteiger partial charge in [0.05, 0.1) is 24.5 Å². The number of rotatable bonds is 2. The zero-order valence-corrected chi connectivity index (χ0v) is 16.0. The molecule has 1 atom stereocenters. The lowest BCUT2D eigenvalue weighted by Gasteiger charge is -2.24. The Kier molecular flexibility index (Phi) is 3.98. The second kappa shape index (κ2) is 6.11. The smallest absolute Gasteiger partial charge is 0.359 e. The molecule has 0 unspecified atom stereocenters. The number of amides is 1. The normalized spacial score (nSPS) is 18.4. The van der Waals surface area contributed by atoms with E-state index in [2.05, 4.69) is 4.98 Å². The molecular formula is C20H23N3O4. The number of carbonyl (C=O) groups is 2. The first kappa shape index (κ1) is 17.6. The van der Waals surface area contributed by atoms with Gasteiger partial charge in [-0.05, 0) is 45.7 Å². The van der Waals surface area contributed by atoms with Crippen LogP contribution >= 0.6 is 0 Å². The summed E-state index contributed by atoms with van der Waals surface area (Å²) in [5.41, 5.74) is 1.53. The van der Waals surface area contributed by atoms with E-state index in [1.54, 1.807) is 19.5 Å². The molecule has 1 aromatic heterocycles. The van der Waals surface area contributed by atoms with Crippen LogP contribution < -0.4 is 4.74 Å². The fourth-order valence-electron chi connectivity index (χ4n) is 3.89. The van der Waals surface area contributed by atoms with E-state index in [0.29, 0.717) is 29.2 Å². The molecule has 0 bridgehead atoms. The summed E-state index contributed by atoms with van der Waals surface area (Å²) < 4.78 is 12.8. The highest BCUT2D eigenvalue weighted by Gasteiger charge is 2.41. The lowest BCUT2D eigenvalue weighted by atomic mass is 10.1. The first-order valence-corrected chi connectivity index (χ1v) is 9.11. The third kappa shape index (κ3) is 2.78. The number of nitrogens with zero attached hydrogens (tertiary/aromatic N) is 3. The van der Waals surface area contributed by atoms with Crippen LogP contribution in [0.2, 0.25) is 0 Å². The third-order valence-corrected chi connectivity index (χ3v) is 4.92. The van der Waals surface area contributed by atoms with Crippen LogP contribution in [0.3, 0.4) is 0 Å². The average molecular weight is 369 g/mol. The number of hydrogen-bond acceptors (Lipinski definition) is 5. The Morgan fingerprint density at radius 2 is 2.07 bits per heavy atom. The first-order chi connectivity index (χ1) is 12.8. The molecule has 0 radical (unpaired) electrons. The van der Waals surface area contributed by atoms with Gasteiger partial charge in [0.15, 0.2) is 5.69 Å². The second-order valence-corrected chi connectivity index (χ2v) is 7.86. The quantitative estimate of drug-likeness (QED) is 0.761. The van der Waals surface area contributed by atoms with Crippen LogP contribution in [-0.2, 0) is 4.74 Å². The molecule has 4 rings (SSSR count). The predicted molar refractivity (Wildman–Crippen MR) is 98.3 cm³/mol. The van der Waals surface area contributed by atoms with Gasteiger partial charge in [0.25, 0.3) is 5.91 Å². The molecule has 2 aromatic rings. The first-order valence-electron chi connectivity index (χ1n) is 9.11. The van der Waals surface area contributed by atoms with Crippen LogP contribution in [0.25, 0.3) is 5.69 Å². The van der Waals surface area contributed by atoms with Gasteiger partial charge >= 0.3 is 5.97 Å². The number of benzene rings is 1. The molecule has 1 aromatic carbocycles. The monoisotopic (exact) mass is 369 g/mol. The van der Waals surface area contributed by atoms with Crippen LogP contribution in [0.4, 0.5) is 0 Å². The maximum atomic E-state index is 13.3. The van der Waals surface area contributed by atoms with Gasteiger partial charge in [-0.2, -0.15) is 0 Å². The molecule has 3 heterocycles. The molecule has 0 aliphatic carbocycles. The van der Waals surface area contributed by atoms with Gasteiger partial charge in [0.1, 0.15) is 23.2 Å². The highest BCUT2D eigenvalue weighted by molar-refractivity contribution is 6.02. The van der Waals surface area contributed by atoms with E-state index >= 15 is 0 Å². The van der Waals surface area contributed by atoms with E-state index in [1.807, 2.05) is 42.4 Å². The fourth-order valence-corrected chi connectivity index (χ4v) is 3.89. The van der Waals surface area contributed by atoms with Crippen LogP contribution in [0.1, 0.15) is 66.2 Å². The summed E-state index contributed by atoms with van der Waals surface area (Å²) in [6, 6.07) is 5.25. The van der Waals surface area contributed by atoms with Crippen molar-refractivity contribution in [1.29, 1.82) is 0 Å². The second-order valence-electron chi connectivity index (χ2n) is 7.86. The molecule has 1 saturated heterocycles. The SMILES string of the molecule is COc1cccc2c1C(=O)N1CCC[C@H]1c1c(C(=O)OC(C)(C)C)ncn1-2. The zero-order valence-electron chi connectivity index (χ0n) is 16.0. The van der Waals surface area contributed by atoms with Crippen LogP contribution in [-0.4, -0.2) is 45.6 Å². The van der Waals surface area contributed by atoms with E-state index in [0.717, 1.165) is 12.8 Å². The van der Waals surface area contributed by atoms with Crippen molar-refractivity contribution >= 4 is 11.9 Å². The van der Waals surface area contributed by atoms with Crippen molar-refractivity contribution in [3.63, 3.8) is 0 Å². The van der Waals surface area contributed by atoms with E-state index in [4.69, 9.17) is 9.47 Å². The third-order valence-electron chi connectivity index (χ3n) is 4.92. The molecule has 7 nitrogen and oxygen atoms in total. The topological polar surface area (TPSA) is 73.7 Å². The van der Waals surface area contributed by atoms with Crippen LogP contribution in [0.15, 0.2) is 24.5 Å². The van der Waals surface area contributed by atoms with Crippen molar-refractivity contribution in [3.8, 4) is 11.4 Å². The number of aromatic nitrogens is 2. The Morgan fingerprint density at radius 1 is 1.30 bits per heavy atom. The van der Waals surface area contributed by atoms with Gasteiger partial charge in [0.2, 0.25) is 0 Å². The van der Waals surface area contributed by atoms with Crippen LogP contribution in [0.5, 0.6) is 5.75 Å². The molecule has 0 saturated carbocycles. The summed E-state index contributed by atoms with van der Waals surface area (Å²) in [6.45, 7) is 6.11. The number of carbonyl (C=O) groups excluding carboxylic acids is 2. The fraction of sp³-hybridized carbons (Fsp3) is 0.450. The largest absolute Gasteiger partial charge is 0.496 e. The summed E-state index contributed by atoms with van der Waals surface area (Å²) >= 11 is 0. The molecule has 27 heavy (non-hydrogen) atoms. The molecule has 7 heteroatoms. The van der Waals surface area contributed by atoms with Crippen molar-refractivity contribution in [2.24, 2.45) is 0 Å². The molecule has 2 aliphatic heterocycles. The standard InChI is InChI=1S/C20H23N3O4/c1-20(2,3)27-19(25)16-17-13-8-6-10-22(13)18(24)15-12(23(17)11-21-16)7-5-9-14(15)26-4/h5,7,9,11,13H,6,8,10H2,1-4H3/t13-/m0/s1. The Bertz CT molecular complexity index is 926. The minimum atomic E-state index is -0.620. The zero-order chi connectivity index (χ0) is 19.3. The van der Waals surface area contributed by atoms with Crippen molar-refractivity contribution in [1.82, 2.24) is 14.5 Å². The Labute approximate surface area is 157 Å². The van der Waals surface area contributed by atoms with Gasteiger partial charge in [-0.1, -0.05) is 6.07 Å². The van der Waals surface area contributed by atoms with Gasteiger partial charge in [-0.3, -0.25) is 9.36 Å². The minimum Gasteiger partial charge on any atom is -0.496 e. The molecule has 1 amide bonds. The molecular weight excluding hydrogens is 346 g/mol. The maximum Gasteiger partial charge on any atom is 0.359 e. The van der Waals surface area contributed by atoms with Gasteiger partial charge in [-0.15, -0.1) is 0 Å². The summed E-state index contributed by atoms with van der Waals surface area (Å²) in [5, 5.41) is 0. The summed E-state index contributed by atoms with van der Waals surface area (Å²) in [7, 11) is 1.55. The number of ether oxygens (including phenoxy) is 2. The lowest BCUT2D eigenvalue weighted by molar-refractivity contribution is 0.00595. The highest BCUT2D eigenvalue weighted by Crippen LogP contribution is 2.42. The van der Waals surface area contributed by atoms with Gasteiger partial charge in [0, 0.05) is 6.54 Å². The van der Waals surface area contributed by atoms with E-state index in [1.165, 1.54) is 0 Å². The Balaban J connectivity index is 1.93. The molecule has 1 fully saturated rings. The van der Waals surface area contributed by atoms with Crippen molar-refractivity contribution < 1.29 is 19.1 Å². The lowest BCUT2D eigenvalue weighted by Crippen LogP contribution is -2.31. The molecule has 0 N–H and O–H groups in total. The number of hydrogen-bond donors (Lipinski definition) is 0. The van der Waals surface area contributed by atoms with Gasteiger partial charge in [-0.25, -0.2) is 9.78 Å². The summed E-state index contributed by atoms with van der Waals surface area (Å²) in [6.07, 6.45) is 3.26. The van der Waals surface area contributed by atoms with E-state index in [9.17, 15) is 9.59 Å². The minimum absolute atomic E-state index is 0.0798. The summed E-state index contributed by atoms with van der Waals surface area (Å²) in [5.74, 6) is -0.0331.